The molecule has 1 aliphatic rings. The second-order valence-corrected chi connectivity index (χ2v) is 9.00. The quantitative estimate of drug-likeness (QED) is 0.551. The van der Waals surface area contributed by atoms with Crippen molar-refractivity contribution in [2.75, 3.05) is 6.54 Å². The van der Waals surface area contributed by atoms with Crippen LogP contribution in [-0.4, -0.2) is 12.6 Å². The van der Waals surface area contributed by atoms with E-state index in [-0.39, 0.29) is 28.3 Å². The van der Waals surface area contributed by atoms with Gasteiger partial charge >= 0.3 is 0 Å². The summed E-state index contributed by atoms with van der Waals surface area (Å²) >= 11 is 11.3. The van der Waals surface area contributed by atoms with Crippen LogP contribution in [0.1, 0.15) is 38.7 Å². The molecule has 3 unspecified atom stereocenters. The van der Waals surface area contributed by atoms with Gasteiger partial charge in [0.05, 0.1) is 17.0 Å². The zero-order valence-electron chi connectivity index (χ0n) is 16.1. The first-order chi connectivity index (χ1) is 13.1. The zero-order chi connectivity index (χ0) is 20.9. The van der Waals surface area contributed by atoms with Gasteiger partial charge in [0.25, 0.3) is 0 Å². The van der Waals surface area contributed by atoms with Gasteiger partial charge in [0.1, 0.15) is 11.6 Å². The van der Waals surface area contributed by atoms with Gasteiger partial charge in [-0.3, -0.25) is 0 Å². The molecule has 0 spiro atoms. The first-order valence-electron chi connectivity index (χ1n) is 9.10. The van der Waals surface area contributed by atoms with Crippen molar-refractivity contribution in [1.82, 2.24) is 5.32 Å². The fourth-order valence-corrected chi connectivity index (χ4v) is 3.75. The van der Waals surface area contributed by atoms with E-state index in [4.69, 9.17) is 23.2 Å². The van der Waals surface area contributed by atoms with Gasteiger partial charge < -0.3 is 5.32 Å². The van der Waals surface area contributed by atoms with Gasteiger partial charge in [0, 0.05) is 23.5 Å². The highest BCUT2D eigenvalue weighted by Crippen LogP contribution is 2.37. The number of benzene rings is 2. The molecule has 0 bridgehead atoms. The average molecular weight is 425 g/mol. The van der Waals surface area contributed by atoms with E-state index in [1.807, 2.05) is 18.2 Å². The Hall–Kier alpha value is -1.67. The normalized spacial score (nSPS) is 21.6. The second kappa shape index (κ2) is 9.69. The molecule has 1 aliphatic heterocycles. The van der Waals surface area contributed by atoms with Gasteiger partial charge in [-0.05, 0) is 47.7 Å². The molecule has 0 radical (unpaired) electrons. The van der Waals surface area contributed by atoms with Crippen molar-refractivity contribution in [3.05, 3.63) is 69.7 Å². The number of rotatable bonds is 2. The van der Waals surface area contributed by atoms with Crippen LogP contribution >= 0.6 is 23.2 Å². The molecule has 1 fully saturated rings. The van der Waals surface area contributed by atoms with E-state index in [2.05, 4.69) is 38.2 Å². The standard InChI is InChI=1S/C16H21ClN2.C6H3ClF2/c1-16(2,3)8-15-13(9-18)14(10-19-15)11-5-4-6-12(17)7-11;7-5-3-4(8)1-2-6(5)9/h4-7,13-15,19H,8,10H2,1-3H3;1-3H. The van der Waals surface area contributed by atoms with Crippen LogP contribution in [0.2, 0.25) is 10.0 Å². The molecule has 3 rings (SSSR count). The Morgan fingerprint density at radius 2 is 1.86 bits per heavy atom. The molecule has 6 heteroatoms. The second-order valence-electron chi connectivity index (χ2n) is 8.15. The number of hydrogen-bond acceptors (Lipinski definition) is 2. The Balaban J connectivity index is 0.000000261. The van der Waals surface area contributed by atoms with Gasteiger partial charge in [-0.15, -0.1) is 0 Å². The summed E-state index contributed by atoms with van der Waals surface area (Å²) in [5, 5.41) is 13.6. The molecule has 150 valence electrons. The number of nitriles is 1. The van der Waals surface area contributed by atoms with E-state index in [0.717, 1.165) is 36.2 Å². The van der Waals surface area contributed by atoms with Crippen molar-refractivity contribution < 1.29 is 8.78 Å². The topological polar surface area (TPSA) is 35.8 Å². The van der Waals surface area contributed by atoms with Crippen LogP contribution < -0.4 is 5.32 Å². The summed E-state index contributed by atoms with van der Waals surface area (Å²) in [5.74, 6) is -0.854. The molecule has 28 heavy (non-hydrogen) atoms. The minimum atomic E-state index is -0.599. The van der Waals surface area contributed by atoms with E-state index in [1.54, 1.807) is 0 Å². The number of nitrogens with zero attached hydrogens (tertiary/aromatic N) is 1. The molecule has 3 atom stereocenters. The summed E-state index contributed by atoms with van der Waals surface area (Å²) in [6.45, 7) is 7.51. The van der Waals surface area contributed by atoms with Crippen LogP contribution in [0.15, 0.2) is 42.5 Å². The van der Waals surface area contributed by atoms with Crippen LogP contribution in [0.25, 0.3) is 0 Å². The zero-order valence-corrected chi connectivity index (χ0v) is 17.7. The summed E-state index contributed by atoms with van der Waals surface area (Å²) in [4.78, 5) is 0. The van der Waals surface area contributed by atoms with E-state index < -0.39 is 11.6 Å². The minimum absolute atomic E-state index is 0.0256. The van der Waals surface area contributed by atoms with Gasteiger partial charge in [-0.1, -0.05) is 56.1 Å². The largest absolute Gasteiger partial charge is 0.312 e. The lowest BCUT2D eigenvalue weighted by atomic mass is 9.79. The first-order valence-corrected chi connectivity index (χ1v) is 9.85. The molecule has 0 aromatic heterocycles. The molecule has 1 N–H and O–H groups in total. The Kier molecular flexibility index (Phi) is 7.83. The van der Waals surface area contributed by atoms with E-state index in [9.17, 15) is 14.0 Å². The lowest BCUT2D eigenvalue weighted by molar-refractivity contribution is 0.304. The summed E-state index contributed by atoms with van der Waals surface area (Å²) in [6.07, 6.45) is 1.02. The van der Waals surface area contributed by atoms with Gasteiger partial charge in [0.2, 0.25) is 0 Å². The highest BCUT2D eigenvalue weighted by atomic mass is 35.5. The number of hydrogen-bond donors (Lipinski definition) is 1. The maximum absolute atomic E-state index is 12.2. The molecule has 0 saturated carbocycles. The molecular formula is C22H24Cl2F2N2. The smallest absolute Gasteiger partial charge is 0.141 e. The van der Waals surface area contributed by atoms with Gasteiger partial charge in [-0.25, -0.2) is 8.78 Å². The summed E-state index contributed by atoms with van der Waals surface area (Å²) < 4.78 is 24.3. The molecule has 0 amide bonds. The Labute approximate surface area is 175 Å². The Bertz CT molecular complexity index is 843. The van der Waals surface area contributed by atoms with Crippen LogP contribution in [0, 0.1) is 34.3 Å². The minimum Gasteiger partial charge on any atom is -0.312 e. The van der Waals surface area contributed by atoms with Crippen molar-refractivity contribution in [2.45, 2.75) is 39.2 Å². The highest BCUT2D eigenvalue weighted by molar-refractivity contribution is 6.30. The van der Waals surface area contributed by atoms with Crippen LogP contribution in [0.3, 0.4) is 0 Å². The third kappa shape index (κ3) is 6.44. The molecule has 1 heterocycles. The predicted molar refractivity (Wildman–Crippen MR) is 111 cm³/mol. The Morgan fingerprint density at radius 3 is 2.39 bits per heavy atom. The molecule has 1 saturated heterocycles. The SMILES string of the molecule is CC(C)(C)CC1NCC(c2cccc(Cl)c2)C1C#N.Fc1ccc(F)c(Cl)c1. The van der Waals surface area contributed by atoms with Crippen LogP contribution in [0.4, 0.5) is 8.78 Å². The van der Waals surface area contributed by atoms with Crippen LogP contribution in [0.5, 0.6) is 0 Å². The molecule has 2 nitrogen and oxygen atoms in total. The third-order valence-corrected chi connectivity index (χ3v) is 5.13. The fraction of sp³-hybridized carbons (Fsp3) is 0.409. The number of nitrogens with one attached hydrogen (secondary N) is 1. The Morgan fingerprint density at radius 1 is 1.14 bits per heavy atom. The molecule has 0 aliphatic carbocycles. The predicted octanol–water partition coefficient (Wildman–Crippen LogP) is 6.59. The molecule has 2 aromatic rings. The van der Waals surface area contributed by atoms with Crippen molar-refractivity contribution >= 4 is 23.2 Å². The lowest BCUT2D eigenvalue weighted by Crippen LogP contribution is -2.31. The van der Waals surface area contributed by atoms with E-state index >= 15 is 0 Å². The van der Waals surface area contributed by atoms with E-state index in [1.165, 1.54) is 5.56 Å². The van der Waals surface area contributed by atoms with Crippen molar-refractivity contribution in [2.24, 2.45) is 11.3 Å². The fourth-order valence-electron chi connectivity index (χ4n) is 3.38. The molecule has 2 aromatic carbocycles. The monoisotopic (exact) mass is 424 g/mol. The van der Waals surface area contributed by atoms with Crippen molar-refractivity contribution in [3.63, 3.8) is 0 Å². The molecular weight excluding hydrogens is 401 g/mol. The van der Waals surface area contributed by atoms with E-state index in [0.29, 0.717) is 0 Å². The summed E-state index contributed by atoms with van der Waals surface area (Å²) in [7, 11) is 0. The van der Waals surface area contributed by atoms with Gasteiger partial charge in [-0.2, -0.15) is 5.26 Å². The van der Waals surface area contributed by atoms with Crippen molar-refractivity contribution in [1.29, 1.82) is 5.26 Å². The lowest BCUT2D eigenvalue weighted by Gasteiger charge is -2.25. The third-order valence-electron chi connectivity index (χ3n) is 4.61. The first kappa shape index (κ1) is 22.6. The number of halogens is 4. The highest BCUT2D eigenvalue weighted by Gasteiger charge is 2.38. The summed E-state index contributed by atoms with van der Waals surface area (Å²) in [6, 6.07) is 13.6. The van der Waals surface area contributed by atoms with Crippen LogP contribution in [-0.2, 0) is 0 Å². The maximum Gasteiger partial charge on any atom is 0.141 e. The van der Waals surface area contributed by atoms with Gasteiger partial charge in [0.15, 0.2) is 0 Å². The summed E-state index contributed by atoms with van der Waals surface area (Å²) in [5.41, 5.74) is 1.40. The van der Waals surface area contributed by atoms with Crippen molar-refractivity contribution in [3.8, 4) is 6.07 Å². The maximum atomic E-state index is 12.2. The average Bonchev–Trinajstić information content (AvgIpc) is 2.99.